The molecule has 0 aliphatic carbocycles. The van der Waals surface area contributed by atoms with E-state index in [9.17, 15) is 9.59 Å². The van der Waals surface area contributed by atoms with Gasteiger partial charge in [0.15, 0.2) is 6.61 Å². The molecule has 3 aromatic heterocycles. The Kier molecular flexibility index (Phi) is 5.93. The molecule has 1 aromatic carbocycles. The van der Waals surface area contributed by atoms with Crippen molar-refractivity contribution in [3.8, 4) is 0 Å². The fourth-order valence-corrected chi connectivity index (χ4v) is 3.74. The van der Waals surface area contributed by atoms with Gasteiger partial charge in [0.2, 0.25) is 0 Å². The Morgan fingerprint density at radius 3 is 2.81 bits per heavy atom. The largest absolute Gasteiger partial charge is 0.467 e. The third-order valence-corrected chi connectivity index (χ3v) is 5.41. The summed E-state index contributed by atoms with van der Waals surface area (Å²) >= 11 is 0. The fraction of sp³-hybridized carbons (Fsp3) is 0.250. The number of aryl methyl sites for hydroxylation is 1. The van der Waals surface area contributed by atoms with Crippen LogP contribution in [0.25, 0.3) is 10.9 Å². The van der Waals surface area contributed by atoms with Crippen LogP contribution in [0.2, 0.25) is 0 Å². The summed E-state index contributed by atoms with van der Waals surface area (Å²) < 4.78 is 12.6. The molecule has 0 bridgehead atoms. The maximum absolute atomic E-state index is 12.5. The molecule has 0 saturated heterocycles. The Morgan fingerprint density at radius 1 is 1.16 bits per heavy atom. The second-order valence-corrected chi connectivity index (χ2v) is 7.49. The molecular weight excluding hydrogens is 394 g/mol. The number of aromatic nitrogens is 2. The average Bonchev–Trinajstić information content (AvgIpc) is 3.49. The molecular formula is C24H25N3O4. The Labute approximate surface area is 180 Å². The second kappa shape index (κ2) is 8.95. The average molecular weight is 419 g/mol. The lowest BCUT2D eigenvalue weighted by molar-refractivity contribution is -0.124. The van der Waals surface area contributed by atoms with E-state index in [4.69, 9.17) is 9.15 Å². The van der Waals surface area contributed by atoms with Gasteiger partial charge in [-0.3, -0.25) is 4.79 Å². The number of amides is 1. The van der Waals surface area contributed by atoms with Gasteiger partial charge in [0.05, 0.1) is 18.4 Å². The van der Waals surface area contributed by atoms with Gasteiger partial charge in [-0.25, -0.2) is 4.79 Å². The van der Waals surface area contributed by atoms with E-state index in [1.165, 1.54) is 0 Å². The number of hydrogen-bond donors (Lipinski definition) is 2. The first-order valence-electron chi connectivity index (χ1n) is 10.2. The first kappa shape index (κ1) is 20.5. The summed E-state index contributed by atoms with van der Waals surface area (Å²) in [5.41, 5.74) is 4.36. The van der Waals surface area contributed by atoms with Crippen molar-refractivity contribution in [2.45, 2.75) is 26.8 Å². The number of ether oxygens (including phenoxy) is 1. The van der Waals surface area contributed by atoms with E-state index >= 15 is 0 Å². The van der Waals surface area contributed by atoms with Crippen LogP contribution < -0.4 is 5.32 Å². The first-order valence-corrected chi connectivity index (χ1v) is 10.2. The number of benzene rings is 1. The van der Waals surface area contributed by atoms with Crippen molar-refractivity contribution in [3.05, 3.63) is 83.2 Å². The smallest absolute Gasteiger partial charge is 0.340 e. The topological polar surface area (TPSA) is 89.3 Å². The zero-order valence-electron chi connectivity index (χ0n) is 17.6. The Balaban J connectivity index is 1.28. The van der Waals surface area contributed by atoms with Gasteiger partial charge in [0.1, 0.15) is 5.76 Å². The van der Waals surface area contributed by atoms with E-state index in [1.807, 2.05) is 61.0 Å². The van der Waals surface area contributed by atoms with E-state index in [0.717, 1.165) is 33.6 Å². The quantitative estimate of drug-likeness (QED) is 0.426. The Morgan fingerprint density at radius 2 is 2.00 bits per heavy atom. The summed E-state index contributed by atoms with van der Waals surface area (Å²) in [6.45, 7) is 4.47. The lowest BCUT2D eigenvalue weighted by atomic mass is 10.1. The number of fused-ring (bicyclic) bond motifs is 1. The molecule has 4 rings (SSSR count). The van der Waals surface area contributed by atoms with Gasteiger partial charge in [0.25, 0.3) is 5.91 Å². The third kappa shape index (κ3) is 4.55. The van der Waals surface area contributed by atoms with Gasteiger partial charge in [-0.1, -0.05) is 18.2 Å². The molecule has 7 heteroatoms. The SMILES string of the molecule is Cc1cc(C(=O)OCC(=O)NCCc2c[nH]c3ccccc23)c(C)n1Cc1ccco1. The van der Waals surface area contributed by atoms with Crippen LogP contribution in [-0.4, -0.2) is 34.6 Å². The minimum Gasteiger partial charge on any atom is -0.467 e. The van der Waals surface area contributed by atoms with Crippen molar-refractivity contribution in [1.29, 1.82) is 0 Å². The predicted molar refractivity (Wildman–Crippen MR) is 117 cm³/mol. The molecule has 31 heavy (non-hydrogen) atoms. The zero-order valence-corrected chi connectivity index (χ0v) is 17.6. The molecule has 0 fully saturated rings. The van der Waals surface area contributed by atoms with E-state index in [2.05, 4.69) is 10.3 Å². The lowest BCUT2D eigenvalue weighted by Gasteiger charge is -2.08. The Bertz CT molecular complexity index is 1200. The third-order valence-electron chi connectivity index (χ3n) is 5.41. The van der Waals surface area contributed by atoms with Crippen molar-refractivity contribution in [1.82, 2.24) is 14.9 Å². The van der Waals surface area contributed by atoms with Crippen molar-refractivity contribution >= 4 is 22.8 Å². The molecule has 0 saturated carbocycles. The van der Waals surface area contributed by atoms with Crippen molar-refractivity contribution in [3.63, 3.8) is 0 Å². The van der Waals surface area contributed by atoms with Gasteiger partial charge in [-0.15, -0.1) is 0 Å². The number of nitrogens with one attached hydrogen (secondary N) is 2. The number of H-pyrrole nitrogens is 1. The van der Waals surface area contributed by atoms with Crippen LogP contribution in [-0.2, 0) is 22.5 Å². The number of carbonyl (C=O) groups is 2. The molecule has 160 valence electrons. The number of furan rings is 1. The van der Waals surface area contributed by atoms with E-state index < -0.39 is 5.97 Å². The highest BCUT2D eigenvalue weighted by Gasteiger charge is 2.18. The zero-order chi connectivity index (χ0) is 21.8. The molecule has 0 unspecified atom stereocenters. The molecule has 2 N–H and O–H groups in total. The summed E-state index contributed by atoms with van der Waals surface area (Å²) in [4.78, 5) is 27.8. The summed E-state index contributed by atoms with van der Waals surface area (Å²) in [6, 6.07) is 13.5. The molecule has 1 amide bonds. The van der Waals surface area contributed by atoms with E-state index in [1.54, 1.807) is 12.3 Å². The molecule has 0 spiro atoms. The van der Waals surface area contributed by atoms with Gasteiger partial charge >= 0.3 is 5.97 Å². The fourth-order valence-electron chi connectivity index (χ4n) is 3.74. The number of aromatic amines is 1. The molecule has 3 heterocycles. The van der Waals surface area contributed by atoms with Crippen LogP contribution in [0.15, 0.2) is 59.3 Å². The van der Waals surface area contributed by atoms with Crippen LogP contribution in [0, 0.1) is 13.8 Å². The summed E-state index contributed by atoms with van der Waals surface area (Å²) in [6.07, 6.45) is 4.27. The van der Waals surface area contributed by atoms with Crippen molar-refractivity contribution in [2.24, 2.45) is 0 Å². The van der Waals surface area contributed by atoms with Gasteiger partial charge in [-0.2, -0.15) is 0 Å². The predicted octanol–water partition coefficient (Wildman–Crippen LogP) is 3.74. The normalized spacial score (nSPS) is 11.0. The number of para-hydroxylation sites is 1. The minimum atomic E-state index is -0.509. The molecule has 4 aromatic rings. The maximum Gasteiger partial charge on any atom is 0.340 e. The molecule has 0 aliphatic rings. The van der Waals surface area contributed by atoms with Crippen LogP contribution >= 0.6 is 0 Å². The van der Waals surface area contributed by atoms with Crippen LogP contribution in [0.5, 0.6) is 0 Å². The molecule has 0 aliphatic heterocycles. The van der Waals surface area contributed by atoms with Gasteiger partial charge in [-0.05, 0) is 50.1 Å². The summed E-state index contributed by atoms with van der Waals surface area (Å²) in [5.74, 6) is -0.0283. The molecule has 7 nitrogen and oxygen atoms in total. The lowest BCUT2D eigenvalue weighted by Crippen LogP contribution is -2.30. The Hall–Kier alpha value is -3.74. The van der Waals surface area contributed by atoms with Crippen LogP contribution in [0.4, 0.5) is 0 Å². The standard InChI is InChI=1S/C24H25N3O4/c1-16-12-21(17(2)27(16)14-19-6-5-11-30-19)24(29)31-15-23(28)25-10-9-18-13-26-22-8-4-3-7-20(18)22/h3-8,11-13,26H,9-10,14-15H2,1-2H3,(H,25,28). The second-order valence-electron chi connectivity index (χ2n) is 7.49. The number of carbonyl (C=O) groups excluding carboxylic acids is 2. The van der Waals surface area contributed by atoms with Crippen molar-refractivity contribution in [2.75, 3.05) is 13.2 Å². The van der Waals surface area contributed by atoms with Crippen molar-refractivity contribution < 1.29 is 18.7 Å². The van der Waals surface area contributed by atoms with Gasteiger partial charge < -0.3 is 24.0 Å². The highest BCUT2D eigenvalue weighted by atomic mass is 16.5. The minimum absolute atomic E-state index is 0.311. The summed E-state index contributed by atoms with van der Waals surface area (Å²) in [7, 11) is 0. The number of rotatable bonds is 8. The monoisotopic (exact) mass is 419 g/mol. The van der Waals surface area contributed by atoms with E-state index in [0.29, 0.717) is 25.1 Å². The number of hydrogen-bond acceptors (Lipinski definition) is 4. The summed E-state index contributed by atoms with van der Waals surface area (Å²) in [5, 5.41) is 3.95. The van der Waals surface area contributed by atoms with Crippen LogP contribution in [0.1, 0.15) is 33.1 Å². The molecule has 0 atom stereocenters. The van der Waals surface area contributed by atoms with E-state index in [-0.39, 0.29) is 12.5 Å². The highest BCUT2D eigenvalue weighted by molar-refractivity contribution is 5.92. The molecule has 0 radical (unpaired) electrons. The first-order chi connectivity index (χ1) is 15.0. The number of esters is 1. The number of nitrogens with zero attached hydrogens (tertiary/aromatic N) is 1. The highest BCUT2D eigenvalue weighted by Crippen LogP contribution is 2.19. The maximum atomic E-state index is 12.5. The van der Waals surface area contributed by atoms with Crippen LogP contribution in [0.3, 0.4) is 0 Å². The van der Waals surface area contributed by atoms with Gasteiger partial charge in [0, 0.05) is 35.0 Å².